The van der Waals surface area contributed by atoms with Gasteiger partial charge in [-0.2, -0.15) is 5.26 Å². The molecule has 0 aromatic heterocycles. The molecule has 3 unspecified atom stereocenters. The smallest absolute Gasteiger partial charge is 0.245 e. The lowest BCUT2D eigenvalue weighted by Gasteiger charge is -2.46. The van der Waals surface area contributed by atoms with Crippen molar-refractivity contribution in [2.24, 2.45) is 0 Å². The van der Waals surface area contributed by atoms with Crippen molar-refractivity contribution >= 4 is 16.7 Å². The number of hydrogen-bond acceptors (Lipinski definition) is 6. The van der Waals surface area contributed by atoms with E-state index in [1.54, 1.807) is 14.2 Å². The Bertz CT molecular complexity index is 1290. The Morgan fingerprint density at radius 2 is 1.83 bits per heavy atom. The number of hydrogen-bond donors (Lipinski definition) is 1. The second kappa shape index (κ2) is 10.6. The van der Waals surface area contributed by atoms with Gasteiger partial charge in [0.15, 0.2) is 0 Å². The summed E-state index contributed by atoms with van der Waals surface area (Å²) in [6.07, 6.45) is -0.0225. The Hall–Kier alpha value is -3.60. The first kappa shape index (κ1) is 25.5. The molecule has 0 bridgehead atoms. The van der Waals surface area contributed by atoms with Gasteiger partial charge in [0.25, 0.3) is 0 Å². The number of rotatable bonds is 7. The highest BCUT2D eigenvalue weighted by molar-refractivity contribution is 5.91. The third kappa shape index (κ3) is 4.75. The molecule has 1 saturated heterocycles. The molecule has 0 aliphatic carbocycles. The van der Waals surface area contributed by atoms with Crippen LogP contribution >= 0.6 is 0 Å². The fraction of sp³-hybridized carbons (Fsp3) is 0.379. The first-order valence-corrected chi connectivity index (χ1v) is 12.1. The molecule has 3 aromatic carbocycles. The number of carbonyl (C=O) groups excluding carboxylic acids is 1. The summed E-state index contributed by atoms with van der Waals surface area (Å²) < 4.78 is 17.1. The van der Waals surface area contributed by atoms with Crippen LogP contribution in [0.25, 0.3) is 10.8 Å². The molecular formula is C29H33N3O4. The standard InChI is InChI=1S/C29H33N3O4/c1-19-17-32(18-20(2)36-19)29(3,23-10-8-11-24(14-23)34-4)28(33)31-16-26-25-12-7-6-9-21(25)13-22(15-30)27(26)35-5/h6-14,19-20H,16-18H2,1-5H3,(H,31,33). The van der Waals surface area contributed by atoms with E-state index in [0.717, 1.165) is 21.9 Å². The number of fused-ring (bicyclic) bond motifs is 1. The van der Waals surface area contributed by atoms with Gasteiger partial charge in [-0.3, -0.25) is 9.69 Å². The minimum atomic E-state index is -0.975. The van der Waals surface area contributed by atoms with Crippen LogP contribution < -0.4 is 14.8 Å². The largest absolute Gasteiger partial charge is 0.497 e. The summed E-state index contributed by atoms with van der Waals surface area (Å²) >= 11 is 0. The number of carbonyl (C=O) groups is 1. The zero-order valence-corrected chi connectivity index (χ0v) is 21.5. The summed E-state index contributed by atoms with van der Waals surface area (Å²) in [6, 6.07) is 19.5. The number of morpholine rings is 1. The number of nitrogens with zero attached hydrogens (tertiary/aromatic N) is 2. The molecule has 1 aliphatic rings. The first-order valence-electron chi connectivity index (χ1n) is 12.1. The maximum absolute atomic E-state index is 14.1. The summed E-state index contributed by atoms with van der Waals surface area (Å²) in [5, 5.41) is 14.7. The summed E-state index contributed by atoms with van der Waals surface area (Å²) in [5.74, 6) is 1.02. The monoisotopic (exact) mass is 487 g/mol. The Morgan fingerprint density at radius 3 is 2.50 bits per heavy atom. The highest BCUT2D eigenvalue weighted by Gasteiger charge is 2.44. The van der Waals surface area contributed by atoms with Crippen LogP contribution in [0.5, 0.6) is 11.5 Å². The molecule has 0 saturated carbocycles. The molecule has 0 radical (unpaired) electrons. The molecule has 188 valence electrons. The second-order valence-corrected chi connectivity index (χ2v) is 9.42. The van der Waals surface area contributed by atoms with Gasteiger partial charge in [0.2, 0.25) is 5.91 Å². The number of benzene rings is 3. The van der Waals surface area contributed by atoms with Crippen molar-refractivity contribution < 1.29 is 19.0 Å². The SMILES string of the molecule is COc1cccc(C(C)(C(=O)NCc2c(OC)c(C#N)cc3ccccc23)N2CC(C)OC(C)C2)c1. The molecule has 7 nitrogen and oxygen atoms in total. The van der Waals surface area contributed by atoms with E-state index in [9.17, 15) is 10.1 Å². The van der Waals surface area contributed by atoms with E-state index in [-0.39, 0.29) is 24.7 Å². The maximum atomic E-state index is 14.1. The van der Waals surface area contributed by atoms with Crippen molar-refractivity contribution in [3.63, 3.8) is 0 Å². The van der Waals surface area contributed by atoms with Gasteiger partial charge in [0.05, 0.1) is 32.0 Å². The molecule has 36 heavy (non-hydrogen) atoms. The molecule has 1 N–H and O–H groups in total. The third-order valence-corrected chi connectivity index (χ3v) is 6.98. The molecule has 1 fully saturated rings. The molecular weight excluding hydrogens is 454 g/mol. The van der Waals surface area contributed by atoms with Crippen molar-refractivity contribution in [3.05, 3.63) is 71.3 Å². The lowest BCUT2D eigenvalue weighted by molar-refractivity contribution is -0.144. The number of amides is 1. The Morgan fingerprint density at radius 1 is 1.11 bits per heavy atom. The lowest BCUT2D eigenvalue weighted by atomic mass is 9.87. The average Bonchev–Trinajstić information content (AvgIpc) is 2.89. The first-order chi connectivity index (χ1) is 17.3. The van der Waals surface area contributed by atoms with Crippen LogP contribution in [0.2, 0.25) is 0 Å². The zero-order chi connectivity index (χ0) is 25.9. The normalized spacial score (nSPS) is 19.8. The van der Waals surface area contributed by atoms with Gasteiger partial charge >= 0.3 is 0 Å². The van der Waals surface area contributed by atoms with Gasteiger partial charge in [-0.05, 0) is 55.3 Å². The molecule has 7 heteroatoms. The lowest BCUT2D eigenvalue weighted by Crippen LogP contribution is -2.60. The third-order valence-electron chi connectivity index (χ3n) is 6.98. The van der Waals surface area contributed by atoms with Crippen molar-refractivity contribution in [3.8, 4) is 17.6 Å². The van der Waals surface area contributed by atoms with E-state index < -0.39 is 5.54 Å². The van der Waals surface area contributed by atoms with Gasteiger partial charge in [-0.15, -0.1) is 0 Å². The molecule has 1 aliphatic heterocycles. The molecule has 3 atom stereocenters. The van der Waals surface area contributed by atoms with E-state index in [1.807, 2.05) is 75.4 Å². The van der Waals surface area contributed by atoms with Crippen molar-refractivity contribution in [1.82, 2.24) is 10.2 Å². The van der Waals surface area contributed by atoms with E-state index in [1.165, 1.54) is 0 Å². The number of nitrogens with one attached hydrogen (secondary N) is 1. The van der Waals surface area contributed by atoms with Crippen molar-refractivity contribution in [2.75, 3.05) is 27.3 Å². The molecule has 1 amide bonds. The number of nitriles is 1. The highest BCUT2D eigenvalue weighted by Crippen LogP contribution is 2.35. The van der Waals surface area contributed by atoms with Crippen molar-refractivity contribution in [2.45, 2.75) is 45.1 Å². The van der Waals surface area contributed by atoms with Crippen LogP contribution in [0.1, 0.15) is 37.5 Å². The highest BCUT2D eigenvalue weighted by atomic mass is 16.5. The molecule has 1 heterocycles. The Kier molecular flexibility index (Phi) is 7.48. The quantitative estimate of drug-likeness (QED) is 0.533. The zero-order valence-electron chi connectivity index (χ0n) is 21.5. The fourth-order valence-electron chi connectivity index (χ4n) is 5.16. The summed E-state index contributed by atoms with van der Waals surface area (Å²) in [4.78, 5) is 16.3. The second-order valence-electron chi connectivity index (χ2n) is 9.42. The fourth-order valence-corrected chi connectivity index (χ4v) is 5.16. The van der Waals surface area contributed by atoms with Crippen LogP contribution in [-0.2, 0) is 21.6 Å². The molecule has 0 spiro atoms. The van der Waals surface area contributed by atoms with E-state index in [2.05, 4.69) is 16.3 Å². The summed E-state index contributed by atoms with van der Waals surface area (Å²) in [7, 11) is 3.17. The van der Waals surface area contributed by atoms with Crippen LogP contribution in [0, 0.1) is 11.3 Å². The van der Waals surface area contributed by atoms with Crippen LogP contribution in [0.4, 0.5) is 0 Å². The van der Waals surface area contributed by atoms with E-state index in [0.29, 0.717) is 30.2 Å². The maximum Gasteiger partial charge on any atom is 0.245 e. The van der Waals surface area contributed by atoms with Gasteiger partial charge in [-0.1, -0.05) is 36.4 Å². The van der Waals surface area contributed by atoms with E-state index in [4.69, 9.17) is 14.2 Å². The number of ether oxygens (including phenoxy) is 3. The van der Waals surface area contributed by atoms with Crippen molar-refractivity contribution in [1.29, 1.82) is 5.26 Å². The predicted octanol–water partition coefficient (Wildman–Crippen LogP) is 4.37. The van der Waals surface area contributed by atoms with Gasteiger partial charge in [-0.25, -0.2) is 0 Å². The van der Waals surface area contributed by atoms with Gasteiger partial charge in [0.1, 0.15) is 23.1 Å². The van der Waals surface area contributed by atoms with E-state index >= 15 is 0 Å². The minimum absolute atomic E-state index is 0.0113. The van der Waals surface area contributed by atoms with Gasteiger partial charge in [0, 0.05) is 25.2 Å². The Labute approximate surface area is 212 Å². The summed E-state index contributed by atoms with van der Waals surface area (Å²) in [5.41, 5.74) is 1.07. The minimum Gasteiger partial charge on any atom is -0.497 e. The van der Waals surface area contributed by atoms with Gasteiger partial charge < -0.3 is 19.5 Å². The predicted molar refractivity (Wildman–Crippen MR) is 139 cm³/mol. The number of methoxy groups -OCH3 is 2. The summed E-state index contributed by atoms with van der Waals surface area (Å²) in [6.45, 7) is 7.44. The molecule has 3 aromatic rings. The Balaban J connectivity index is 1.74. The van der Waals surface area contributed by atoms with Crippen LogP contribution in [-0.4, -0.2) is 50.3 Å². The van der Waals surface area contributed by atoms with Crippen LogP contribution in [0.15, 0.2) is 54.6 Å². The topological polar surface area (TPSA) is 83.8 Å². The molecule has 4 rings (SSSR count). The average molecular weight is 488 g/mol. The van der Waals surface area contributed by atoms with Crippen LogP contribution in [0.3, 0.4) is 0 Å².